The third-order valence-electron chi connectivity index (χ3n) is 4.87. The quantitative estimate of drug-likeness (QED) is 0.549. The number of aliphatic hydroxyl groups excluding tert-OH is 1. The predicted molar refractivity (Wildman–Crippen MR) is 116 cm³/mol. The molecule has 1 atom stereocenters. The van der Waals surface area contributed by atoms with E-state index in [9.17, 15) is 9.90 Å². The lowest BCUT2D eigenvalue weighted by molar-refractivity contribution is -0.116. The molecule has 0 aliphatic rings. The van der Waals surface area contributed by atoms with Gasteiger partial charge in [0, 0.05) is 17.1 Å². The molecule has 0 spiro atoms. The standard InChI is InChI=1S/C25H25NO2/c1-4-25(28)24(17-27)20-9-15-23(16-10-20)26(21-11-5-18(2)6-12-21)22-13-7-19(3)8-14-22/h4-16,24,27H,1,17H2,2-3H3. The first-order valence-electron chi connectivity index (χ1n) is 9.34. The molecule has 3 aromatic carbocycles. The van der Waals surface area contributed by atoms with Gasteiger partial charge in [0.2, 0.25) is 0 Å². The predicted octanol–water partition coefficient (Wildman–Crippen LogP) is 5.60. The van der Waals surface area contributed by atoms with Crippen LogP contribution in [0.3, 0.4) is 0 Å². The molecule has 0 amide bonds. The second-order valence-electron chi connectivity index (χ2n) is 6.94. The van der Waals surface area contributed by atoms with Gasteiger partial charge in [0.25, 0.3) is 0 Å². The van der Waals surface area contributed by atoms with Crippen LogP contribution in [0.4, 0.5) is 17.1 Å². The van der Waals surface area contributed by atoms with Crippen molar-refractivity contribution in [1.29, 1.82) is 0 Å². The van der Waals surface area contributed by atoms with Gasteiger partial charge in [0.05, 0.1) is 12.5 Å². The second-order valence-corrected chi connectivity index (χ2v) is 6.94. The van der Waals surface area contributed by atoms with E-state index in [-0.39, 0.29) is 12.4 Å². The molecule has 0 aliphatic heterocycles. The molecule has 0 radical (unpaired) electrons. The van der Waals surface area contributed by atoms with E-state index in [2.05, 4.69) is 73.9 Å². The summed E-state index contributed by atoms with van der Waals surface area (Å²) in [4.78, 5) is 14.2. The fourth-order valence-electron chi connectivity index (χ4n) is 3.19. The minimum Gasteiger partial charge on any atom is -0.395 e. The Balaban J connectivity index is 2.03. The van der Waals surface area contributed by atoms with Crippen molar-refractivity contribution >= 4 is 22.8 Å². The fraction of sp³-hybridized carbons (Fsp3) is 0.160. The highest BCUT2D eigenvalue weighted by Gasteiger charge is 2.18. The number of anilines is 3. The highest BCUT2D eigenvalue weighted by molar-refractivity contribution is 5.95. The second kappa shape index (κ2) is 8.68. The van der Waals surface area contributed by atoms with Crippen LogP contribution in [0.15, 0.2) is 85.5 Å². The largest absolute Gasteiger partial charge is 0.395 e. The summed E-state index contributed by atoms with van der Waals surface area (Å²) in [6.07, 6.45) is 1.26. The lowest BCUT2D eigenvalue weighted by atomic mass is 9.95. The maximum absolute atomic E-state index is 12.0. The van der Waals surface area contributed by atoms with Gasteiger partial charge in [0.15, 0.2) is 5.78 Å². The van der Waals surface area contributed by atoms with Gasteiger partial charge in [0.1, 0.15) is 0 Å². The van der Waals surface area contributed by atoms with Gasteiger partial charge in [-0.05, 0) is 61.9 Å². The Morgan fingerprint density at radius 3 is 1.61 bits per heavy atom. The first kappa shape index (κ1) is 19.6. The molecule has 0 saturated carbocycles. The number of nitrogens with zero attached hydrogens (tertiary/aromatic N) is 1. The van der Waals surface area contributed by atoms with Gasteiger partial charge in [-0.1, -0.05) is 54.1 Å². The third-order valence-corrected chi connectivity index (χ3v) is 4.87. The molecule has 0 heterocycles. The molecule has 1 N–H and O–H groups in total. The maximum atomic E-state index is 12.0. The highest BCUT2D eigenvalue weighted by atomic mass is 16.3. The van der Waals surface area contributed by atoms with Crippen LogP contribution >= 0.6 is 0 Å². The number of allylic oxidation sites excluding steroid dienone is 1. The van der Waals surface area contributed by atoms with Crippen LogP contribution in [-0.4, -0.2) is 17.5 Å². The van der Waals surface area contributed by atoms with E-state index >= 15 is 0 Å². The molecule has 3 aromatic rings. The van der Waals surface area contributed by atoms with E-state index < -0.39 is 5.92 Å². The summed E-state index contributed by atoms with van der Waals surface area (Å²) in [6.45, 7) is 7.43. The number of carbonyl (C=O) groups excluding carboxylic acids is 1. The summed E-state index contributed by atoms with van der Waals surface area (Å²) >= 11 is 0. The van der Waals surface area contributed by atoms with Crippen LogP contribution in [0.1, 0.15) is 22.6 Å². The van der Waals surface area contributed by atoms with Crippen molar-refractivity contribution in [1.82, 2.24) is 0 Å². The Morgan fingerprint density at radius 2 is 1.25 bits per heavy atom. The van der Waals surface area contributed by atoms with Gasteiger partial charge in [-0.3, -0.25) is 4.79 Å². The summed E-state index contributed by atoms with van der Waals surface area (Å²) in [5.74, 6) is -0.747. The number of aryl methyl sites for hydroxylation is 2. The minimum atomic E-state index is -0.571. The van der Waals surface area contributed by atoms with Crippen molar-refractivity contribution in [3.63, 3.8) is 0 Å². The maximum Gasteiger partial charge on any atom is 0.164 e. The summed E-state index contributed by atoms with van der Waals surface area (Å²) in [6, 6.07) is 24.5. The average Bonchev–Trinajstić information content (AvgIpc) is 2.72. The van der Waals surface area contributed by atoms with E-state index in [1.165, 1.54) is 17.2 Å². The number of hydrogen-bond donors (Lipinski definition) is 1. The Kier molecular flexibility index (Phi) is 6.07. The van der Waals surface area contributed by atoms with Crippen molar-refractivity contribution in [3.05, 3.63) is 102 Å². The number of rotatable bonds is 7. The lowest BCUT2D eigenvalue weighted by Crippen LogP contribution is -2.14. The fourth-order valence-corrected chi connectivity index (χ4v) is 3.19. The van der Waals surface area contributed by atoms with Gasteiger partial charge in [-0.2, -0.15) is 0 Å². The van der Waals surface area contributed by atoms with Crippen molar-refractivity contribution in [2.75, 3.05) is 11.5 Å². The molecule has 1 unspecified atom stereocenters. The van der Waals surface area contributed by atoms with Crippen LogP contribution in [0.2, 0.25) is 0 Å². The zero-order chi connectivity index (χ0) is 20.1. The number of ketones is 1. The molecular formula is C25H25NO2. The monoisotopic (exact) mass is 371 g/mol. The SMILES string of the molecule is C=CC(=O)C(CO)c1ccc(N(c2ccc(C)cc2)c2ccc(C)cc2)cc1. The van der Waals surface area contributed by atoms with Crippen LogP contribution in [-0.2, 0) is 4.79 Å². The summed E-state index contributed by atoms with van der Waals surface area (Å²) in [7, 11) is 0. The van der Waals surface area contributed by atoms with E-state index in [0.29, 0.717) is 0 Å². The topological polar surface area (TPSA) is 40.5 Å². The molecule has 0 fully saturated rings. The van der Waals surface area contributed by atoms with E-state index in [4.69, 9.17) is 0 Å². The average molecular weight is 371 g/mol. The Labute approximate surface area is 166 Å². The van der Waals surface area contributed by atoms with E-state index in [1.807, 2.05) is 24.3 Å². The number of benzene rings is 3. The zero-order valence-corrected chi connectivity index (χ0v) is 16.3. The van der Waals surface area contributed by atoms with Gasteiger partial charge < -0.3 is 10.0 Å². The van der Waals surface area contributed by atoms with Crippen LogP contribution in [0.25, 0.3) is 0 Å². The molecule has 3 rings (SSSR count). The normalized spacial score (nSPS) is 11.7. The van der Waals surface area contributed by atoms with E-state index in [1.54, 1.807) is 0 Å². The van der Waals surface area contributed by atoms with Crippen molar-refractivity contribution in [3.8, 4) is 0 Å². The Morgan fingerprint density at radius 1 is 0.857 bits per heavy atom. The van der Waals surface area contributed by atoms with Crippen molar-refractivity contribution < 1.29 is 9.90 Å². The third kappa shape index (κ3) is 4.21. The number of aliphatic hydroxyl groups is 1. The molecule has 0 bridgehead atoms. The minimum absolute atomic E-state index is 0.177. The molecule has 0 aromatic heterocycles. The van der Waals surface area contributed by atoms with Crippen LogP contribution in [0.5, 0.6) is 0 Å². The van der Waals surface area contributed by atoms with Crippen molar-refractivity contribution in [2.45, 2.75) is 19.8 Å². The number of hydrogen-bond acceptors (Lipinski definition) is 3. The molecule has 3 nitrogen and oxygen atoms in total. The Bertz CT molecular complexity index is 896. The van der Waals surface area contributed by atoms with Gasteiger partial charge in [-0.25, -0.2) is 0 Å². The first-order chi connectivity index (χ1) is 13.5. The van der Waals surface area contributed by atoms with Gasteiger partial charge in [-0.15, -0.1) is 0 Å². The molecule has 0 aliphatic carbocycles. The molecule has 28 heavy (non-hydrogen) atoms. The molecule has 3 heteroatoms. The van der Waals surface area contributed by atoms with Crippen molar-refractivity contribution in [2.24, 2.45) is 0 Å². The number of carbonyl (C=O) groups is 1. The van der Waals surface area contributed by atoms with Gasteiger partial charge >= 0.3 is 0 Å². The van der Waals surface area contributed by atoms with Crippen LogP contribution < -0.4 is 4.90 Å². The molecular weight excluding hydrogens is 346 g/mol. The summed E-state index contributed by atoms with van der Waals surface area (Å²) in [5, 5.41) is 9.59. The smallest absolute Gasteiger partial charge is 0.164 e. The zero-order valence-electron chi connectivity index (χ0n) is 16.3. The highest BCUT2D eigenvalue weighted by Crippen LogP contribution is 2.35. The molecule has 142 valence electrons. The van der Waals surface area contributed by atoms with Crippen LogP contribution in [0, 0.1) is 13.8 Å². The summed E-state index contributed by atoms with van der Waals surface area (Å²) < 4.78 is 0. The van der Waals surface area contributed by atoms with E-state index in [0.717, 1.165) is 22.6 Å². The Hall–Kier alpha value is -3.17. The molecule has 0 saturated heterocycles. The summed E-state index contributed by atoms with van der Waals surface area (Å²) in [5.41, 5.74) is 6.29. The first-order valence-corrected chi connectivity index (χ1v) is 9.34. The lowest BCUT2D eigenvalue weighted by Gasteiger charge is -2.26.